The van der Waals surface area contributed by atoms with Gasteiger partial charge in [0.25, 0.3) is 0 Å². The number of nitrogens with zero attached hydrogens (tertiary/aromatic N) is 2. The number of fused-ring (bicyclic) bond motifs is 1. The van der Waals surface area contributed by atoms with Crippen LogP contribution in [0.2, 0.25) is 0 Å². The molecular formula is C9H6N2O4. The Morgan fingerprint density at radius 3 is 2.73 bits per heavy atom. The Kier molecular flexibility index (Phi) is 2.32. The fourth-order valence-corrected chi connectivity index (χ4v) is 1.24. The molecule has 6 heteroatoms. The number of aromatic nitrogens is 2. The lowest BCUT2D eigenvalue weighted by atomic mass is 10.3. The van der Waals surface area contributed by atoms with Crippen molar-refractivity contribution >= 4 is 24.0 Å². The van der Waals surface area contributed by atoms with E-state index in [4.69, 9.17) is 0 Å². The molecule has 0 radical (unpaired) electrons. The minimum atomic E-state index is -0.0849. The van der Waals surface area contributed by atoms with Gasteiger partial charge in [-0.25, -0.2) is 0 Å². The highest BCUT2D eigenvalue weighted by molar-refractivity contribution is 5.76. The van der Waals surface area contributed by atoms with E-state index in [2.05, 4.69) is 14.6 Å². The molecule has 0 N–H and O–H groups in total. The first-order valence-electron chi connectivity index (χ1n) is 4.05. The third kappa shape index (κ3) is 1.52. The third-order valence-electron chi connectivity index (χ3n) is 1.79. The van der Waals surface area contributed by atoms with Crippen molar-refractivity contribution in [1.82, 2.24) is 9.71 Å². The summed E-state index contributed by atoms with van der Waals surface area (Å²) in [6.07, 6.45) is 0. The van der Waals surface area contributed by atoms with Crippen LogP contribution in [0, 0.1) is 0 Å². The fourth-order valence-electron chi connectivity index (χ4n) is 1.24. The lowest BCUT2D eigenvalue weighted by molar-refractivity contribution is -0.131. The molecule has 0 aliphatic carbocycles. The summed E-state index contributed by atoms with van der Waals surface area (Å²) in [6, 6.07) is 6.82. The van der Waals surface area contributed by atoms with Gasteiger partial charge < -0.3 is 9.57 Å². The molecule has 0 unspecified atom stereocenters. The monoisotopic (exact) mass is 206 g/mol. The number of hydrogen-bond acceptors (Lipinski definition) is 5. The molecule has 1 heterocycles. The second-order valence-electron chi connectivity index (χ2n) is 2.59. The zero-order chi connectivity index (χ0) is 10.7. The van der Waals surface area contributed by atoms with E-state index in [1.807, 2.05) is 0 Å². The predicted molar refractivity (Wildman–Crippen MR) is 49.1 cm³/mol. The SMILES string of the molecule is O=COc1nc2ccccc2n1OC=O. The Labute approximate surface area is 84.0 Å². The number of hydrogen-bond donors (Lipinski definition) is 0. The molecule has 0 bridgehead atoms. The Balaban J connectivity index is 2.62. The Morgan fingerprint density at radius 1 is 1.20 bits per heavy atom. The van der Waals surface area contributed by atoms with Crippen LogP contribution in [0.5, 0.6) is 6.01 Å². The second-order valence-corrected chi connectivity index (χ2v) is 2.59. The van der Waals surface area contributed by atoms with Crippen LogP contribution in [-0.4, -0.2) is 22.7 Å². The molecule has 1 aromatic heterocycles. The standard InChI is InChI=1S/C9H6N2O4/c12-5-14-9-10-7-3-1-2-4-8(7)11(9)15-6-13/h1-6H. The van der Waals surface area contributed by atoms with Crippen LogP contribution in [0.3, 0.4) is 0 Å². The number of para-hydroxylation sites is 2. The molecule has 0 spiro atoms. The summed E-state index contributed by atoms with van der Waals surface area (Å²) in [5.74, 6) is 0. The summed E-state index contributed by atoms with van der Waals surface area (Å²) in [7, 11) is 0. The number of carbonyl (C=O) groups is 2. The number of rotatable bonds is 4. The van der Waals surface area contributed by atoms with Crippen molar-refractivity contribution in [3.05, 3.63) is 24.3 Å². The number of carbonyl (C=O) groups excluding carboxylic acids is 2. The molecule has 0 saturated heterocycles. The van der Waals surface area contributed by atoms with Crippen LogP contribution in [0.25, 0.3) is 11.0 Å². The van der Waals surface area contributed by atoms with Gasteiger partial charge in [-0.2, -0.15) is 4.98 Å². The van der Waals surface area contributed by atoms with E-state index in [9.17, 15) is 9.59 Å². The molecule has 1 aromatic carbocycles. The smallest absolute Gasteiger partial charge is 0.339 e. The summed E-state index contributed by atoms with van der Waals surface area (Å²) < 4.78 is 5.60. The highest BCUT2D eigenvalue weighted by Gasteiger charge is 2.12. The molecule has 0 atom stereocenters. The van der Waals surface area contributed by atoms with E-state index in [1.165, 1.54) is 0 Å². The van der Waals surface area contributed by atoms with Crippen LogP contribution in [0.1, 0.15) is 0 Å². The van der Waals surface area contributed by atoms with E-state index >= 15 is 0 Å². The molecular weight excluding hydrogens is 200 g/mol. The zero-order valence-electron chi connectivity index (χ0n) is 7.49. The summed E-state index contributed by atoms with van der Waals surface area (Å²) >= 11 is 0. The number of benzene rings is 1. The summed E-state index contributed by atoms with van der Waals surface area (Å²) in [5.41, 5.74) is 1.11. The van der Waals surface area contributed by atoms with Gasteiger partial charge in [0.2, 0.25) is 0 Å². The van der Waals surface area contributed by atoms with E-state index in [1.54, 1.807) is 24.3 Å². The van der Waals surface area contributed by atoms with Gasteiger partial charge in [-0.1, -0.05) is 12.1 Å². The van der Waals surface area contributed by atoms with Crippen molar-refractivity contribution in [2.45, 2.75) is 0 Å². The number of ether oxygens (including phenoxy) is 1. The van der Waals surface area contributed by atoms with Gasteiger partial charge in [-0.05, 0) is 12.1 Å². The van der Waals surface area contributed by atoms with Crippen molar-refractivity contribution < 1.29 is 19.2 Å². The van der Waals surface area contributed by atoms with Crippen molar-refractivity contribution in [3.8, 4) is 6.01 Å². The zero-order valence-corrected chi connectivity index (χ0v) is 7.49. The lowest BCUT2D eigenvalue weighted by Crippen LogP contribution is -2.11. The molecule has 2 aromatic rings. The second kappa shape index (κ2) is 3.79. The molecule has 76 valence electrons. The summed E-state index contributed by atoms with van der Waals surface area (Å²) in [4.78, 5) is 29.0. The van der Waals surface area contributed by atoms with Gasteiger partial charge in [0.15, 0.2) is 0 Å². The molecule has 6 nitrogen and oxygen atoms in total. The van der Waals surface area contributed by atoms with Crippen LogP contribution in [0.15, 0.2) is 24.3 Å². The van der Waals surface area contributed by atoms with Crippen LogP contribution >= 0.6 is 0 Å². The highest BCUT2D eigenvalue weighted by Crippen LogP contribution is 2.18. The molecule has 0 amide bonds. The summed E-state index contributed by atoms with van der Waals surface area (Å²) in [5, 5.41) is 0. The Bertz CT molecular complexity index is 506. The average Bonchev–Trinajstić information content (AvgIpc) is 2.59. The first kappa shape index (κ1) is 9.20. The number of imidazole rings is 1. The van der Waals surface area contributed by atoms with Gasteiger partial charge in [-0.3, -0.25) is 9.59 Å². The molecule has 0 aliphatic rings. The maximum absolute atomic E-state index is 10.3. The lowest BCUT2D eigenvalue weighted by Gasteiger charge is -2.00. The minimum Gasteiger partial charge on any atom is -0.392 e. The van der Waals surface area contributed by atoms with Gasteiger partial charge in [-0.15, -0.1) is 4.73 Å². The van der Waals surface area contributed by atoms with Gasteiger partial charge in [0, 0.05) is 0 Å². The summed E-state index contributed by atoms with van der Waals surface area (Å²) in [6.45, 7) is 0.442. The Hall–Kier alpha value is -2.37. The van der Waals surface area contributed by atoms with E-state index < -0.39 is 0 Å². The fraction of sp³-hybridized carbons (Fsp3) is 0. The molecule has 15 heavy (non-hydrogen) atoms. The van der Waals surface area contributed by atoms with Gasteiger partial charge in [0.1, 0.15) is 5.52 Å². The normalized spacial score (nSPS) is 9.87. The van der Waals surface area contributed by atoms with Crippen LogP contribution < -0.4 is 9.57 Å². The maximum atomic E-state index is 10.3. The maximum Gasteiger partial charge on any atom is 0.339 e. The Morgan fingerprint density at radius 2 is 2.00 bits per heavy atom. The van der Waals surface area contributed by atoms with E-state index in [0.29, 0.717) is 11.0 Å². The van der Waals surface area contributed by atoms with Gasteiger partial charge in [0.05, 0.1) is 5.52 Å². The minimum absolute atomic E-state index is 0.0849. The molecule has 2 rings (SSSR count). The van der Waals surface area contributed by atoms with Crippen molar-refractivity contribution in [2.24, 2.45) is 0 Å². The predicted octanol–water partition coefficient (Wildman–Crippen LogP) is 0.156. The van der Waals surface area contributed by atoms with E-state index in [0.717, 1.165) is 4.73 Å². The van der Waals surface area contributed by atoms with Crippen molar-refractivity contribution in [2.75, 3.05) is 0 Å². The molecule has 0 aliphatic heterocycles. The van der Waals surface area contributed by atoms with E-state index in [-0.39, 0.29) is 19.0 Å². The average molecular weight is 206 g/mol. The van der Waals surface area contributed by atoms with Crippen LogP contribution in [0.4, 0.5) is 0 Å². The van der Waals surface area contributed by atoms with Crippen molar-refractivity contribution in [3.63, 3.8) is 0 Å². The quantitative estimate of drug-likeness (QED) is 0.666. The third-order valence-corrected chi connectivity index (χ3v) is 1.79. The topological polar surface area (TPSA) is 70.4 Å². The molecule has 0 saturated carbocycles. The first-order valence-corrected chi connectivity index (χ1v) is 4.05. The first-order chi connectivity index (χ1) is 7.36. The largest absolute Gasteiger partial charge is 0.392 e. The highest BCUT2D eigenvalue weighted by atomic mass is 16.7. The molecule has 0 fully saturated rings. The van der Waals surface area contributed by atoms with Crippen LogP contribution in [-0.2, 0) is 9.59 Å². The van der Waals surface area contributed by atoms with Crippen molar-refractivity contribution in [1.29, 1.82) is 0 Å². The van der Waals surface area contributed by atoms with Gasteiger partial charge >= 0.3 is 19.0 Å².